The van der Waals surface area contributed by atoms with Crippen molar-refractivity contribution in [3.63, 3.8) is 0 Å². The Bertz CT molecular complexity index is 234. The normalized spacial score (nSPS) is 7.78. The van der Waals surface area contributed by atoms with Crippen molar-refractivity contribution in [2.75, 3.05) is 0 Å². The quantitative estimate of drug-likeness (QED) is 0.713. The number of hydrogen-bond acceptors (Lipinski definition) is 2. The van der Waals surface area contributed by atoms with Gasteiger partial charge >= 0.3 is 0 Å². The van der Waals surface area contributed by atoms with Crippen molar-refractivity contribution in [2.45, 2.75) is 81.1 Å². The van der Waals surface area contributed by atoms with Gasteiger partial charge < -0.3 is 0 Å². The molecule has 0 aromatic carbocycles. The second-order valence-corrected chi connectivity index (χ2v) is 3.00. The standard InChI is InChI=1S/C10H16N2.3C2H6/c1-3-5-6-10-8-12-11-7-9(10)4-2;3*1-2/h7-8H,3-6H2,1-2H3;3*1-2H3. The first-order valence-corrected chi connectivity index (χ1v) is 7.67. The highest BCUT2D eigenvalue weighted by Gasteiger charge is 1.99. The molecule has 0 saturated heterocycles. The fourth-order valence-electron chi connectivity index (χ4n) is 1.28. The van der Waals surface area contributed by atoms with Gasteiger partial charge in [-0.15, -0.1) is 0 Å². The lowest BCUT2D eigenvalue weighted by atomic mass is 10.0. The third-order valence-corrected chi connectivity index (χ3v) is 2.09. The van der Waals surface area contributed by atoms with E-state index in [1.807, 2.05) is 53.9 Å². The molecule has 108 valence electrons. The van der Waals surface area contributed by atoms with Crippen LogP contribution in [0.5, 0.6) is 0 Å². The molecule has 1 aromatic heterocycles. The molecule has 0 aliphatic heterocycles. The maximum Gasteiger partial charge on any atom is 0.0530 e. The van der Waals surface area contributed by atoms with E-state index in [0.717, 1.165) is 12.8 Å². The van der Waals surface area contributed by atoms with E-state index in [9.17, 15) is 0 Å². The first kappa shape index (κ1) is 22.3. The lowest BCUT2D eigenvalue weighted by Gasteiger charge is -2.03. The van der Waals surface area contributed by atoms with Gasteiger partial charge in [0.15, 0.2) is 0 Å². The SMILES string of the molecule is CC.CC.CC.CCCCc1cnncc1CC. The minimum absolute atomic E-state index is 1.06. The van der Waals surface area contributed by atoms with Crippen molar-refractivity contribution in [1.29, 1.82) is 0 Å². The van der Waals surface area contributed by atoms with E-state index in [1.54, 1.807) is 0 Å². The molecule has 0 unspecified atom stereocenters. The second-order valence-electron chi connectivity index (χ2n) is 3.00. The van der Waals surface area contributed by atoms with Crippen LogP contribution in [0.4, 0.5) is 0 Å². The molecule has 0 bridgehead atoms. The van der Waals surface area contributed by atoms with Crippen molar-refractivity contribution >= 4 is 0 Å². The van der Waals surface area contributed by atoms with Crippen LogP contribution in [0.15, 0.2) is 12.4 Å². The lowest BCUT2D eigenvalue weighted by molar-refractivity contribution is 0.776. The highest BCUT2D eigenvalue weighted by Crippen LogP contribution is 2.09. The summed E-state index contributed by atoms with van der Waals surface area (Å²) >= 11 is 0. The molecule has 18 heavy (non-hydrogen) atoms. The Labute approximate surface area is 115 Å². The number of aromatic nitrogens is 2. The zero-order chi connectivity index (χ0) is 14.8. The summed E-state index contributed by atoms with van der Waals surface area (Å²) in [6.45, 7) is 16.4. The van der Waals surface area contributed by atoms with E-state index in [1.165, 1.54) is 24.0 Å². The minimum Gasteiger partial charge on any atom is -0.159 e. The average Bonchev–Trinajstić information content (AvgIpc) is 2.51. The third-order valence-electron chi connectivity index (χ3n) is 2.09. The van der Waals surface area contributed by atoms with Crippen LogP contribution in [-0.2, 0) is 12.8 Å². The van der Waals surface area contributed by atoms with Crippen LogP contribution in [0.1, 0.15) is 79.4 Å². The van der Waals surface area contributed by atoms with Crippen molar-refractivity contribution < 1.29 is 0 Å². The molecule has 0 N–H and O–H groups in total. The first-order valence-electron chi connectivity index (χ1n) is 7.67. The summed E-state index contributed by atoms with van der Waals surface area (Å²) in [5.74, 6) is 0. The molecule has 1 rings (SSSR count). The van der Waals surface area contributed by atoms with Gasteiger partial charge in [0.25, 0.3) is 0 Å². The Balaban J connectivity index is -0.000000328. The van der Waals surface area contributed by atoms with Crippen molar-refractivity contribution in [3.8, 4) is 0 Å². The molecule has 0 amide bonds. The molecule has 1 aromatic rings. The van der Waals surface area contributed by atoms with Gasteiger partial charge in [0, 0.05) is 0 Å². The summed E-state index contributed by atoms with van der Waals surface area (Å²) in [6, 6.07) is 0. The number of unbranched alkanes of at least 4 members (excludes halogenated alkanes) is 1. The zero-order valence-corrected chi connectivity index (χ0v) is 13.9. The summed E-state index contributed by atoms with van der Waals surface area (Å²) in [7, 11) is 0. The van der Waals surface area contributed by atoms with E-state index in [2.05, 4.69) is 24.0 Å². The van der Waals surface area contributed by atoms with E-state index in [4.69, 9.17) is 0 Å². The average molecular weight is 254 g/mol. The lowest BCUT2D eigenvalue weighted by Crippen LogP contribution is -1.95. The zero-order valence-electron chi connectivity index (χ0n) is 13.9. The number of hydrogen-bond donors (Lipinski definition) is 0. The van der Waals surface area contributed by atoms with E-state index >= 15 is 0 Å². The largest absolute Gasteiger partial charge is 0.159 e. The van der Waals surface area contributed by atoms with Crippen LogP contribution in [0, 0.1) is 0 Å². The fraction of sp³-hybridized carbons (Fsp3) is 0.750. The van der Waals surface area contributed by atoms with E-state index in [0.29, 0.717) is 0 Å². The minimum atomic E-state index is 1.06. The van der Waals surface area contributed by atoms with Crippen molar-refractivity contribution in [3.05, 3.63) is 23.5 Å². The van der Waals surface area contributed by atoms with Gasteiger partial charge in [-0.05, 0) is 30.4 Å². The molecule has 0 fully saturated rings. The van der Waals surface area contributed by atoms with Gasteiger partial charge in [0.1, 0.15) is 0 Å². The molecule has 0 spiro atoms. The predicted octanol–water partition coefficient (Wildman–Crippen LogP) is 5.46. The Kier molecular flexibility index (Phi) is 26.5. The van der Waals surface area contributed by atoms with Crippen LogP contribution >= 0.6 is 0 Å². The van der Waals surface area contributed by atoms with Crippen LogP contribution in [0.25, 0.3) is 0 Å². The molecule has 1 heterocycles. The Morgan fingerprint density at radius 1 is 0.778 bits per heavy atom. The number of nitrogens with zero attached hydrogens (tertiary/aromatic N) is 2. The van der Waals surface area contributed by atoms with Gasteiger partial charge in [-0.25, -0.2) is 0 Å². The molecule has 2 nitrogen and oxygen atoms in total. The Hall–Kier alpha value is -0.920. The molecule has 0 atom stereocenters. The van der Waals surface area contributed by atoms with Crippen molar-refractivity contribution in [1.82, 2.24) is 10.2 Å². The number of rotatable bonds is 4. The summed E-state index contributed by atoms with van der Waals surface area (Å²) in [4.78, 5) is 0. The second kappa shape index (κ2) is 21.4. The molecule has 2 heteroatoms. The highest BCUT2D eigenvalue weighted by atomic mass is 15.1. The van der Waals surface area contributed by atoms with Gasteiger partial charge in [-0.1, -0.05) is 61.8 Å². The van der Waals surface area contributed by atoms with Gasteiger partial charge in [-0.2, -0.15) is 10.2 Å². The predicted molar refractivity (Wildman–Crippen MR) is 84.1 cm³/mol. The molecule has 0 saturated carbocycles. The molecular weight excluding hydrogens is 220 g/mol. The smallest absolute Gasteiger partial charge is 0.0530 e. The van der Waals surface area contributed by atoms with Crippen molar-refractivity contribution in [2.24, 2.45) is 0 Å². The Morgan fingerprint density at radius 3 is 1.61 bits per heavy atom. The summed E-state index contributed by atoms with van der Waals surface area (Å²) in [6.07, 6.45) is 8.48. The maximum absolute atomic E-state index is 3.90. The van der Waals surface area contributed by atoms with Crippen LogP contribution in [-0.4, -0.2) is 10.2 Å². The molecular formula is C16H34N2. The molecule has 0 radical (unpaired) electrons. The van der Waals surface area contributed by atoms with Gasteiger partial charge in [0.2, 0.25) is 0 Å². The van der Waals surface area contributed by atoms with Gasteiger partial charge in [-0.3, -0.25) is 0 Å². The summed E-state index contributed by atoms with van der Waals surface area (Å²) < 4.78 is 0. The maximum atomic E-state index is 3.90. The topological polar surface area (TPSA) is 25.8 Å². The highest BCUT2D eigenvalue weighted by molar-refractivity contribution is 5.20. The third kappa shape index (κ3) is 11.6. The van der Waals surface area contributed by atoms with E-state index in [-0.39, 0.29) is 0 Å². The monoisotopic (exact) mass is 254 g/mol. The van der Waals surface area contributed by atoms with Crippen LogP contribution < -0.4 is 0 Å². The summed E-state index contributed by atoms with van der Waals surface area (Å²) in [5.41, 5.74) is 2.72. The summed E-state index contributed by atoms with van der Waals surface area (Å²) in [5, 5.41) is 7.77. The number of aryl methyl sites for hydroxylation is 2. The van der Waals surface area contributed by atoms with Gasteiger partial charge in [0.05, 0.1) is 12.4 Å². The fourth-order valence-corrected chi connectivity index (χ4v) is 1.28. The van der Waals surface area contributed by atoms with E-state index < -0.39 is 0 Å². The molecule has 0 aliphatic carbocycles. The Morgan fingerprint density at radius 2 is 1.22 bits per heavy atom. The molecule has 0 aliphatic rings. The van der Waals surface area contributed by atoms with Crippen LogP contribution in [0.2, 0.25) is 0 Å². The van der Waals surface area contributed by atoms with Crippen LogP contribution in [0.3, 0.4) is 0 Å². The first-order chi connectivity index (χ1) is 8.88.